The van der Waals surface area contributed by atoms with Crippen LogP contribution in [0.3, 0.4) is 0 Å². The normalized spacial score (nSPS) is 10.3. The summed E-state index contributed by atoms with van der Waals surface area (Å²) in [7, 11) is 0. The van der Waals surface area contributed by atoms with Gasteiger partial charge in [0, 0.05) is 23.9 Å². The van der Waals surface area contributed by atoms with Crippen molar-refractivity contribution >= 4 is 17.3 Å². The summed E-state index contributed by atoms with van der Waals surface area (Å²) in [5.41, 5.74) is 2.75. The highest BCUT2D eigenvalue weighted by Crippen LogP contribution is 2.19. The zero-order valence-electron chi connectivity index (χ0n) is 20.1. The molecule has 4 rings (SSSR count). The quantitative estimate of drug-likeness (QED) is 0.235. The number of ether oxygens (including phenoxy) is 3. The van der Waals surface area contributed by atoms with Crippen molar-refractivity contribution in [2.45, 2.75) is 6.42 Å². The molecular formula is C30H30N2O4. The van der Waals surface area contributed by atoms with E-state index in [4.69, 9.17) is 14.2 Å². The van der Waals surface area contributed by atoms with Crippen molar-refractivity contribution in [3.8, 4) is 17.2 Å². The molecular weight excluding hydrogens is 452 g/mol. The van der Waals surface area contributed by atoms with E-state index in [0.717, 1.165) is 29.4 Å². The van der Waals surface area contributed by atoms with Crippen molar-refractivity contribution in [2.24, 2.45) is 0 Å². The minimum atomic E-state index is -0.144. The number of carbonyl (C=O) groups excluding carboxylic acids is 1. The van der Waals surface area contributed by atoms with Gasteiger partial charge in [-0.25, -0.2) is 0 Å². The van der Waals surface area contributed by atoms with Crippen LogP contribution < -0.4 is 24.8 Å². The summed E-state index contributed by atoms with van der Waals surface area (Å²) < 4.78 is 17.2. The molecule has 0 spiro atoms. The van der Waals surface area contributed by atoms with E-state index in [1.807, 2.05) is 97.1 Å². The van der Waals surface area contributed by atoms with Crippen LogP contribution >= 0.6 is 0 Å². The molecule has 0 saturated heterocycles. The lowest BCUT2D eigenvalue weighted by molar-refractivity contribution is -0.114. The third kappa shape index (κ3) is 8.40. The average Bonchev–Trinajstić information content (AvgIpc) is 2.92. The number of carbonyl (C=O) groups is 1. The first-order chi connectivity index (χ1) is 17.7. The molecule has 0 fully saturated rings. The van der Waals surface area contributed by atoms with E-state index in [-0.39, 0.29) is 12.5 Å². The van der Waals surface area contributed by atoms with E-state index in [0.29, 0.717) is 25.5 Å². The van der Waals surface area contributed by atoms with Crippen molar-refractivity contribution in [3.05, 3.63) is 115 Å². The van der Waals surface area contributed by atoms with Gasteiger partial charge in [0.1, 0.15) is 30.5 Å². The summed E-state index contributed by atoms with van der Waals surface area (Å²) in [5.74, 6) is 2.14. The Hall–Kier alpha value is -4.45. The van der Waals surface area contributed by atoms with Crippen molar-refractivity contribution in [1.82, 2.24) is 0 Å². The first-order valence-corrected chi connectivity index (χ1v) is 12.0. The van der Waals surface area contributed by atoms with Crippen LogP contribution in [-0.2, 0) is 11.2 Å². The van der Waals surface area contributed by atoms with Gasteiger partial charge in [-0.1, -0.05) is 54.6 Å². The number of anilines is 2. The molecule has 184 valence electrons. The van der Waals surface area contributed by atoms with Gasteiger partial charge in [-0.2, -0.15) is 0 Å². The molecule has 0 atom stereocenters. The monoisotopic (exact) mass is 482 g/mol. The Balaban J connectivity index is 1.15. The Bertz CT molecular complexity index is 1200. The molecule has 4 aromatic rings. The molecule has 6 heteroatoms. The van der Waals surface area contributed by atoms with Gasteiger partial charge in [-0.05, 0) is 54.1 Å². The highest BCUT2D eigenvalue weighted by molar-refractivity contribution is 5.93. The van der Waals surface area contributed by atoms with Gasteiger partial charge in [0.05, 0.1) is 13.2 Å². The van der Waals surface area contributed by atoms with E-state index < -0.39 is 0 Å². The molecule has 0 aliphatic rings. The molecule has 4 aromatic carbocycles. The predicted octanol–water partition coefficient (Wildman–Crippen LogP) is 5.82. The van der Waals surface area contributed by atoms with Crippen LogP contribution in [0.2, 0.25) is 0 Å². The van der Waals surface area contributed by atoms with Crippen molar-refractivity contribution < 1.29 is 19.0 Å². The molecule has 0 saturated carbocycles. The Morgan fingerprint density at radius 3 is 1.92 bits per heavy atom. The fraction of sp³-hybridized carbons (Fsp3) is 0.167. The highest BCUT2D eigenvalue weighted by Gasteiger charge is 2.05. The lowest BCUT2D eigenvalue weighted by atomic mass is 10.2. The van der Waals surface area contributed by atoms with Gasteiger partial charge >= 0.3 is 0 Å². The second-order valence-electron chi connectivity index (χ2n) is 8.05. The molecule has 0 radical (unpaired) electrons. The van der Waals surface area contributed by atoms with E-state index in [1.165, 1.54) is 5.56 Å². The molecule has 0 aliphatic heterocycles. The molecule has 36 heavy (non-hydrogen) atoms. The number of hydrogen-bond acceptors (Lipinski definition) is 5. The van der Waals surface area contributed by atoms with E-state index >= 15 is 0 Å². The molecule has 1 amide bonds. The molecule has 6 nitrogen and oxygen atoms in total. The maximum atomic E-state index is 12.4. The van der Waals surface area contributed by atoms with Crippen molar-refractivity contribution in [2.75, 3.05) is 37.0 Å². The topological polar surface area (TPSA) is 68.8 Å². The van der Waals surface area contributed by atoms with Crippen LogP contribution in [-0.4, -0.2) is 32.3 Å². The van der Waals surface area contributed by atoms with E-state index in [2.05, 4.69) is 22.8 Å². The number of hydrogen-bond donors (Lipinski definition) is 2. The van der Waals surface area contributed by atoms with Crippen LogP contribution in [0.25, 0.3) is 0 Å². The molecule has 0 aromatic heterocycles. The zero-order chi connectivity index (χ0) is 24.8. The minimum Gasteiger partial charge on any atom is -0.493 e. The van der Waals surface area contributed by atoms with Gasteiger partial charge < -0.3 is 24.8 Å². The lowest BCUT2D eigenvalue weighted by Gasteiger charge is -2.11. The SMILES string of the molecule is O=C(CNc1ccc(OCCOc2ccccc2)cc1)Nc1cccc(OCCc2ccccc2)c1. The fourth-order valence-corrected chi connectivity index (χ4v) is 3.49. The van der Waals surface area contributed by atoms with Gasteiger partial charge in [0.2, 0.25) is 5.91 Å². The lowest BCUT2D eigenvalue weighted by Crippen LogP contribution is -2.21. The van der Waals surface area contributed by atoms with Gasteiger partial charge in [-0.15, -0.1) is 0 Å². The van der Waals surface area contributed by atoms with Crippen molar-refractivity contribution in [3.63, 3.8) is 0 Å². The van der Waals surface area contributed by atoms with Crippen molar-refractivity contribution in [1.29, 1.82) is 0 Å². The van der Waals surface area contributed by atoms with E-state index in [1.54, 1.807) is 0 Å². The number of rotatable bonds is 13. The van der Waals surface area contributed by atoms with Gasteiger partial charge in [0.25, 0.3) is 0 Å². The largest absolute Gasteiger partial charge is 0.493 e. The van der Waals surface area contributed by atoms with Crippen LogP contribution in [0.4, 0.5) is 11.4 Å². The van der Waals surface area contributed by atoms with Crippen LogP contribution in [0.5, 0.6) is 17.2 Å². The summed E-state index contributed by atoms with van der Waals surface area (Å²) in [4.78, 5) is 12.4. The predicted molar refractivity (Wildman–Crippen MR) is 143 cm³/mol. The van der Waals surface area contributed by atoms with Crippen LogP contribution in [0.15, 0.2) is 109 Å². The molecule has 0 bridgehead atoms. The Labute approximate surface area is 211 Å². The summed E-state index contributed by atoms with van der Waals surface area (Å²) in [6.07, 6.45) is 0.826. The minimum absolute atomic E-state index is 0.143. The Kier molecular flexibility index (Phi) is 9.21. The smallest absolute Gasteiger partial charge is 0.243 e. The molecule has 2 N–H and O–H groups in total. The second kappa shape index (κ2) is 13.4. The number of para-hydroxylation sites is 1. The number of nitrogens with one attached hydrogen (secondary N) is 2. The third-order valence-corrected chi connectivity index (χ3v) is 5.29. The molecule has 0 heterocycles. The standard InChI is InChI=1S/C30H30N2O4/c33-30(32-26-10-7-13-29(22-26)34-19-18-24-8-3-1-4-9-24)23-31-25-14-16-28(17-15-25)36-21-20-35-27-11-5-2-6-12-27/h1-17,22,31H,18-21,23H2,(H,32,33). The summed E-state index contributed by atoms with van der Waals surface area (Å²) in [5, 5.41) is 6.02. The third-order valence-electron chi connectivity index (χ3n) is 5.29. The maximum Gasteiger partial charge on any atom is 0.243 e. The fourth-order valence-electron chi connectivity index (χ4n) is 3.49. The number of benzene rings is 4. The molecule has 0 aliphatic carbocycles. The second-order valence-corrected chi connectivity index (χ2v) is 8.05. The maximum absolute atomic E-state index is 12.4. The van der Waals surface area contributed by atoms with Crippen LogP contribution in [0.1, 0.15) is 5.56 Å². The van der Waals surface area contributed by atoms with E-state index in [9.17, 15) is 4.79 Å². The Morgan fingerprint density at radius 2 is 1.19 bits per heavy atom. The first kappa shape index (κ1) is 24.7. The summed E-state index contributed by atoms with van der Waals surface area (Å²) in [6, 6.07) is 34.7. The van der Waals surface area contributed by atoms with Gasteiger partial charge in [0.15, 0.2) is 0 Å². The highest BCUT2D eigenvalue weighted by atomic mass is 16.5. The van der Waals surface area contributed by atoms with Crippen LogP contribution in [0, 0.1) is 0 Å². The molecule has 0 unspecified atom stereocenters. The summed E-state index contributed by atoms with van der Waals surface area (Å²) >= 11 is 0. The zero-order valence-corrected chi connectivity index (χ0v) is 20.1. The number of amides is 1. The average molecular weight is 483 g/mol. The first-order valence-electron chi connectivity index (χ1n) is 12.0. The Morgan fingerprint density at radius 1 is 0.583 bits per heavy atom. The van der Waals surface area contributed by atoms with Gasteiger partial charge in [-0.3, -0.25) is 4.79 Å². The summed E-state index contributed by atoms with van der Waals surface area (Å²) in [6.45, 7) is 1.62.